The standard InChI is InChI=1S/C13H23N3O3S/c1-2-3-12-4-6-16(7-5-12)20(18,19)13-10-14-15(11-13)8-9-17/h10-12,17H,2-9H2,1H3. The van der Waals surface area contributed by atoms with Gasteiger partial charge in [0.2, 0.25) is 10.0 Å². The van der Waals surface area contributed by atoms with Crippen molar-refractivity contribution in [3.63, 3.8) is 0 Å². The lowest BCUT2D eigenvalue weighted by atomic mass is 9.94. The maximum absolute atomic E-state index is 12.5. The van der Waals surface area contributed by atoms with E-state index in [2.05, 4.69) is 12.0 Å². The highest BCUT2D eigenvalue weighted by atomic mass is 32.2. The average Bonchev–Trinajstić information content (AvgIpc) is 2.90. The predicted molar refractivity (Wildman–Crippen MR) is 75.7 cm³/mol. The Balaban J connectivity index is 2.03. The van der Waals surface area contributed by atoms with Crippen LogP contribution >= 0.6 is 0 Å². The molecule has 0 radical (unpaired) electrons. The first-order valence-corrected chi connectivity index (χ1v) is 8.65. The molecule has 0 aliphatic carbocycles. The Morgan fingerprint density at radius 1 is 1.40 bits per heavy atom. The van der Waals surface area contributed by atoms with Gasteiger partial charge in [-0.2, -0.15) is 9.40 Å². The third-order valence-corrected chi connectivity index (χ3v) is 5.70. The van der Waals surface area contributed by atoms with Crippen molar-refractivity contribution in [2.45, 2.75) is 44.0 Å². The normalized spacial score (nSPS) is 18.5. The Labute approximate surface area is 120 Å². The monoisotopic (exact) mass is 301 g/mol. The Kier molecular flexibility index (Phi) is 5.17. The third-order valence-electron chi connectivity index (χ3n) is 3.85. The molecule has 1 fully saturated rings. The first-order chi connectivity index (χ1) is 9.57. The van der Waals surface area contributed by atoms with Gasteiger partial charge in [0.15, 0.2) is 0 Å². The van der Waals surface area contributed by atoms with Gasteiger partial charge >= 0.3 is 0 Å². The minimum Gasteiger partial charge on any atom is -0.394 e. The maximum Gasteiger partial charge on any atom is 0.246 e. The SMILES string of the molecule is CCCC1CCN(S(=O)(=O)c2cnn(CCO)c2)CC1. The van der Waals surface area contributed by atoms with Gasteiger partial charge in [-0.15, -0.1) is 0 Å². The molecule has 1 aliphatic heterocycles. The van der Waals surface area contributed by atoms with Crippen LogP contribution in [0.15, 0.2) is 17.3 Å². The van der Waals surface area contributed by atoms with Crippen molar-refractivity contribution >= 4 is 10.0 Å². The van der Waals surface area contributed by atoms with E-state index in [0.29, 0.717) is 25.6 Å². The molecule has 1 aromatic rings. The highest BCUT2D eigenvalue weighted by molar-refractivity contribution is 7.89. The molecule has 2 rings (SSSR count). The summed E-state index contributed by atoms with van der Waals surface area (Å²) in [5, 5.41) is 12.8. The van der Waals surface area contributed by atoms with Crippen molar-refractivity contribution in [1.82, 2.24) is 14.1 Å². The van der Waals surface area contributed by atoms with Crippen molar-refractivity contribution < 1.29 is 13.5 Å². The van der Waals surface area contributed by atoms with E-state index in [1.807, 2.05) is 0 Å². The van der Waals surface area contributed by atoms with Gasteiger partial charge in [-0.05, 0) is 18.8 Å². The molecule has 114 valence electrons. The summed E-state index contributed by atoms with van der Waals surface area (Å²) in [6.07, 6.45) is 7.08. The van der Waals surface area contributed by atoms with Gasteiger partial charge in [0.05, 0.1) is 19.3 Å². The summed E-state index contributed by atoms with van der Waals surface area (Å²) in [6.45, 7) is 3.62. The first-order valence-electron chi connectivity index (χ1n) is 7.21. The van der Waals surface area contributed by atoms with Crippen LogP contribution in [0.4, 0.5) is 0 Å². The van der Waals surface area contributed by atoms with Crippen LogP contribution in [0, 0.1) is 5.92 Å². The summed E-state index contributed by atoms with van der Waals surface area (Å²) in [5.41, 5.74) is 0. The zero-order valence-corrected chi connectivity index (χ0v) is 12.7. The lowest BCUT2D eigenvalue weighted by Gasteiger charge is -2.30. The lowest BCUT2D eigenvalue weighted by Crippen LogP contribution is -2.38. The minimum atomic E-state index is -3.43. The average molecular weight is 301 g/mol. The largest absolute Gasteiger partial charge is 0.394 e. The van der Waals surface area contributed by atoms with Crippen LogP contribution in [-0.4, -0.2) is 47.3 Å². The summed E-state index contributed by atoms with van der Waals surface area (Å²) >= 11 is 0. The molecule has 1 aliphatic rings. The first kappa shape index (κ1) is 15.5. The second-order valence-corrected chi connectivity index (χ2v) is 7.24. The number of aliphatic hydroxyl groups excluding tert-OH is 1. The quantitative estimate of drug-likeness (QED) is 0.853. The van der Waals surface area contributed by atoms with Crippen LogP contribution in [0.5, 0.6) is 0 Å². The highest BCUT2D eigenvalue weighted by Crippen LogP contribution is 2.26. The Morgan fingerprint density at radius 2 is 2.10 bits per heavy atom. The number of rotatable bonds is 6. The lowest BCUT2D eigenvalue weighted by molar-refractivity contribution is 0.262. The van der Waals surface area contributed by atoms with Gasteiger partial charge in [-0.3, -0.25) is 4.68 Å². The summed E-state index contributed by atoms with van der Waals surface area (Å²) < 4.78 is 28.0. The van der Waals surface area contributed by atoms with E-state index >= 15 is 0 Å². The molecule has 0 aromatic carbocycles. The van der Waals surface area contributed by atoms with Gasteiger partial charge in [0.1, 0.15) is 4.90 Å². The molecule has 1 aromatic heterocycles. The Morgan fingerprint density at radius 3 is 2.70 bits per heavy atom. The molecular weight excluding hydrogens is 278 g/mol. The van der Waals surface area contributed by atoms with Crippen molar-refractivity contribution in [1.29, 1.82) is 0 Å². The molecule has 0 atom stereocenters. The van der Waals surface area contributed by atoms with Crippen LogP contribution in [0.2, 0.25) is 0 Å². The van der Waals surface area contributed by atoms with E-state index in [0.717, 1.165) is 19.3 Å². The third kappa shape index (κ3) is 3.39. The van der Waals surface area contributed by atoms with Gasteiger partial charge in [0.25, 0.3) is 0 Å². The fourth-order valence-electron chi connectivity index (χ4n) is 2.70. The number of piperidine rings is 1. The van der Waals surface area contributed by atoms with Gasteiger partial charge < -0.3 is 5.11 Å². The van der Waals surface area contributed by atoms with Crippen LogP contribution < -0.4 is 0 Å². The number of aliphatic hydroxyl groups is 1. The van der Waals surface area contributed by atoms with E-state index < -0.39 is 10.0 Å². The fourth-order valence-corrected chi connectivity index (χ4v) is 4.12. The van der Waals surface area contributed by atoms with Crippen LogP contribution in [-0.2, 0) is 16.6 Å². The highest BCUT2D eigenvalue weighted by Gasteiger charge is 2.29. The van der Waals surface area contributed by atoms with E-state index in [1.54, 1.807) is 4.31 Å². The second kappa shape index (κ2) is 6.69. The van der Waals surface area contributed by atoms with Gasteiger partial charge in [-0.25, -0.2) is 8.42 Å². The van der Waals surface area contributed by atoms with Crippen molar-refractivity contribution in [2.75, 3.05) is 19.7 Å². The number of hydrogen-bond donors (Lipinski definition) is 1. The number of sulfonamides is 1. The number of hydrogen-bond acceptors (Lipinski definition) is 4. The summed E-state index contributed by atoms with van der Waals surface area (Å²) in [4.78, 5) is 0.222. The van der Waals surface area contributed by atoms with Crippen LogP contribution in [0.1, 0.15) is 32.6 Å². The zero-order valence-electron chi connectivity index (χ0n) is 11.9. The molecular formula is C13H23N3O3S. The Bertz CT molecular complexity index is 519. The van der Waals surface area contributed by atoms with Crippen molar-refractivity contribution in [3.8, 4) is 0 Å². The maximum atomic E-state index is 12.5. The van der Waals surface area contributed by atoms with Gasteiger partial charge in [0, 0.05) is 19.3 Å². The summed E-state index contributed by atoms with van der Waals surface area (Å²) in [7, 11) is -3.43. The van der Waals surface area contributed by atoms with Crippen molar-refractivity contribution in [3.05, 3.63) is 12.4 Å². The zero-order chi connectivity index (χ0) is 14.6. The van der Waals surface area contributed by atoms with Gasteiger partial charge in [-0.1, -0.05) is 19.8 Å². The smallest absolute Gasteiger partial charge is 0.246 e. The van der Waals surface area contributed by atoms with E-state index in [9.17, 15) is 8.42 Å². The molecule has 0 amide bonds. The fraction of sp³-hybridized carbons (Fsp3) is 0.769. The van der Waals surface area contributed by atoms with Crippen LogP contribution in [0.25, 0.3) is 0 Å². The molecule has 1 N–H and O–H groups in total. The molecule has 2 heterocycles. The molecule has 1 saturated heterocycles. The number of nitrogens with zero attached hydrogens (tertiary/aromatic N) is 3. The second-order valence-electron chi connectivity index (χ2n) is 5.30. The van der Waals surface area contributed by atoms with E-state index in [1.165, 1.54) is 23.5 Å². The summed E-state index contributed by atoms with van der Waals surface area (Å²) in [5.74, 6) is 0.656. The molecule has 0 bridgehead atoms. The molecule has 0 saturated carbocycles. The summed E-state index contributed by atoms with van der Waals surface area (Å²) in [6, 6.07) is 0. The van der Waals surface area contributed by atoms with E-state index in [4.69, 9.17) is 5.11 Å². The topological polar surface area (TPSA) is 75.4 Å². The predicted octanol–water partition coefficient (Wildman–Crippen LogP) is 1.08. The Hall–Kier alpha value is -0.920. The molecule has 6 nitrogen and oxygen atoms in total. The molecule has 0 spiro atoms. The van der Waals surface area contributed by atoms with E-state index in [-0.39, 0.29) is 11.5 Å². The van der Waals surface area contributed by atoms with Crippen molar-refractivity contribution in [2.24, 2.45) is 5.92 Å². The molecule has 7 heteroatoms. The number of aromatic nitrogens is 2. The minimum absolute atomic E-state index is 0.0520. The van der Waals surface area contributed by atoms with Crippen LogP contribution in [0.3, 0.4) is 0 Å². The molecule has 0 unspecified atom stereocenters. The molecule has 20 heavy (non-hydrogen) atoms.